The zero-order chi connectivity index (χ0) is 25.2. The highest BCUT2D eigenvalue weighted by Gasteiger charge is 2.26. The van der Waals surface area contributed by atoms with E-state index in [9.17, 15) is 10.1 Å². The second-order valence-electron chi connectivity index (χ2n) is 8.53. The molecular formula is C29H23N5OS. The first kappa shape index (κ1) is 23.1. The van der Waals surface area contributed by atoms with E-state index in [1.807, 2.05) is 92.7 Å². The van der Waals surface area contributed by atoms with Gasteiger partial charge in [0.25, 0.3) is 5.91 Å². The Kier molecular flexibility index (Phi) is 6.11. The average molecular weight is 490 g/mol. The number of hydrogen-bond acceptors (Lipinski definition) is 6. The van der Waals surface area contributed by atoms with Crippen molar-refractivity contribution in [2.75, 3.05) is 16.4 Å². The summed E-state index contributed by atoms with van der Waals surface area (Å²) in [6.45, 7) is 3.98. The Hall–Kier alpha value is -4.67. The maximum Gasteiger partial charge on any atom is 0.260 e. The molecule has 176 valence electrons. The van der Waals surface area contributed by atoms with Gasteiger partial charge in [-0.15, -0.1) is 11.3 Å². The first-order chi connectivity index (χ1) is 17.4. The molecule has 0 aliphatic heterocycles. The molecule has 5 aromatic rings. The summed E-state index contributed by atoms with van der Waals surface area (Å²) >= 11 is 1.39. The predicted molar refractivity (Wildman–Crippen MR) is 148 cm³/mol. The summed E-state index contributed by atoms with van der Waals surface area (Å²) in [5, 5.41) is 17.0. The van der Waals surface area contributed by atoms with Gasteiger partial charge in [-0.2, -0.15) is 5.26 Å². The van der Waals surface area contributed by atoms with E-state index in [1.54, 1.807) is 0 Å². The molecule has 0 atom stereocenters. The van der Waals surface area contributed by atoms with Crippen LogP contribution in [0.3, 0.4) is 0 Å². The standard InChI is InChI=1S/C29H23N5OS/c1-17-8-6-12-20(14-17)32-28(35)24-25-26(36-29(24)33-21-13-7-9-18(2)15-21)23(19-10-4-3-5-11-19)22(16-30)27(31)34-25/h3-15,33H,1-2H3,(H2,31,34)(H,32,35). The zero-order valence-corrected chi connectivity index (χ0v) is 20.6. The highest BCUT2D eigenvalue weighted by atomic mass is 32.1. The number of nitriles is 1. The van der Waals surface area contributed by atoms with Gasteiger partial charge in [-0.3, -0.25) is 4.79 Å². The highest BCUT2D eigenvalue weighted by molar-refractivity contribution is 7.24. The predicted octanol–water partition coefficient (Wildman–Crippen LogP) is 7.03. The van der Waals surface area contributed by atoms with Crippen LogP contribution in [0.2, 0.25) is 0 Å². The van der Waals surface area contributed by atoms with E-state index in [1.165, 1.54) is 11.3 Å². The summed E-state index contributed by atoms with van der Waals surface area (Å²) in [6.07, 6.45) is 0. The first-order valence-corrected chi connectivity index (χ1v) is 12.2. The number of carbonyl (C=O) groups is 1. The lowest BCUT2D eigenvalue weighted by Crippen LogP contribution is -2.13. The lowest BCUT2D eigenvalue weighted by molar-refractivity contribution is 0.102. The van der Waals surface area contributed by atoms with Crippen LogP contribution in [0.25, 0.3) is 21.3 Å². The van der Waals surface area contributed by atoms with Crippen LogP contribution >= 0.6 is 11.3 Å². The molecule has 36 heavy (non-hydrogen) atoms. The molecule has 2 aromatic heterocycles. The number of anilines is 4. The van der Waals surface area contributed by atoms with Crippen molar-refractivity contribution in [1.29, 1.82) is 5.26 Å². The monoisotopic (exact) mass is 489 g/mol. The van der Waals surface area contributed by atoms with Gasteiger partial charge in [-0.05, 0) is 54.8 Å². The Labute approximate surface area is 213 Å². The summed E-state index contributed by atoms with van der Waals surface area (Å²) in [7, 11) is 0. The third-order valence-electron chi connectivity index (χ3n) is 5.80. The number of aryl methyl sites for hydroxylation is 2. The van der Waals surface area contributed by atoms with Crippen LogP contribution in [0, 0.1) is 25.2 Å². The number of nitrogen functional groups attached to an aromatic ring is 1. The van der Waals surface area contributed by atoms with Gasteiger partial charge in [-0.1, -0.05) is 54.6 Å². The van der Waals surface area contributed by atoms with E-state index in [2.05, 4.69) is 21.7 Å². The number of carbonyl (C=O) groups excluding carboxylic acids is 1. The van der Waals surface area contributed by atoms with Crippen molar-refractivity contribution in [3.05, 3.63) is 101 Å². The third kappa shape index (κ3) is 4.38. The second kappa shape index (κ2) is 9.53. The summed E-state index contributed by atoms with van der Waals surface area (Å²) in [5.41, 5.74) is 12.6. The molecule has 7 heteroatoms. The molecule has 0 aliphatic carbocycles. The first-order valence-electron chi connectivity index (χ1n) is 11.4. The highest BCUT2D eigenvalue weighted by Crippen LogP contribution is 2.44. The number of nitrogens with one attached hydrogen (secondary N) is 2. The zero-order valence-electron chi connectivity index (χ0n) is 19.8. The summed E-state index contributed by atoms with van der Waals surface area (Å²) in [4.78, 5) is 18.3. The van der Waals surface area contributed by atoms with Crippen molar-refractivity contribution in [3.8, 4) is 17.2 Å². The Morgan fingerprint density at radius 1 is 0.944 bits per heavy atom. The van der Waals surface area contributed by atoms with Gasteiger partial charge in [-0.25, -0.2) is 4.98 Å². The fourth-order valence-electron chi connectivity index (χ4n) is 4.18. The normalized spacial score (nSPS) is 10.7. The van der Waals surface area contributed by atoms with Crippen molar-refractivity contribution >= 4 is 49.7 Å². The van der Waals surface area contributed by atoms with E-state index < -0.39 is 0 Å². The Bertz CT molecular complexity index is 1650. The average Bonchev–Trinajstić information content (AvgIpc) is 3.20. The number of thiophene rings is 1. The number of fused-ring (bicyclic) bond motifs is 1. The van der Waals surface area contributed by atoms with Gasteiger partial charge in [0.1, 0.15) is 28.0 Å². The second-order valence-corrected chi connectivity index (χ2v) is 9.55. The molecule has 0 spiro atoms. The molecule has 2 heterocycles. The van der Waals surface area contributed by atoms with Crippen LogP contribution in [-0.2, 0) is 0 Å². The Morgan fingerprint density at radius 2 is 1.61 bits per heavy atom. The molecule has 0 saturated heterocycles. The molecule has 1 amide bonds. The Morgan fingerprint density at radius 3 is 2.28 bits per heavy atom. The Balaban J connectivity index is 1.75. The largest absolute Gasteiger partial charge is 0.383 e. The number of rotatable bonds is 5. The SMILES string of the molecule is Cc1cccc(NC(=O)c2c(Nc3cccc(C)c3)sc3c(-c4ccccc4)c(C#N)c(N)nc23)c1. The van der Waals surface area contributed by atoms with Crippen LogP contribution in [0.4, 0.5) is 22.2 Å². The lowest BCUT2D eigenvalue weighted by Gasteiger charge is -2.10. The maximum atomic E-state index is 13.7. The summed E-state index contributed by atoms with van der Waals surface area (Å²) in [5.74, 6) is -0.217. The van der Waals surface area contributed by atoms with Gasteiger partial charge in [0, 0.05) is 16.9 Å². The van der Waals surface area contributed by atoms with Gasteiger partial charge in [0.05, 0.1) is 10.2 Å². The molecule has 6 nitrogen and oxygen atoms in total. The maximum absolute atomic E-state index is 13.7. The number of hydrogen-bond donors (Lipinski definition) is 3. The molecule has 0 bridgehead atoms. The molecule has 4 N–H and O–H groups in total. The van der Waals surface area contributed by atoms with Crippen LogP contribution in [0.1, 0.15) is 27.0 Å². The van der Waals surface area contributed by atoms with Crippen molar-refractivity contribution in [3.63, 3.8) is 0 Å². The van der Waals surface area contributed by atoms with Crippen molar-refractivity contribution in [1.82, 2.24) is 4.98 Å². The van der Waals surface area contributed by atoms with Gasteiger partial charge in [0.2, 0.25) is 0 Å². The molecule has 0 unspecified atom stereocenters. The van der Waals surface area contributed by atoms with Crippen LogP contribution in [0.5, 0.6) is 0 Å². The molecule has 0 radical (unpaired) electrons. The van der Waals surface area contributed by atoms with Crippen LogP contribution in [0.15, 0.2) is 78.9 Å². The topological polar surface area (TPSA) is 104 Å². The number of benzene rings is 3. The molecule has 5 rings (SSSR count). The van der Waals surface area contributed by atoms with Crippen LogP contribution in [-0.4, -0.2) is 10.9 Å². The molecule has 0 aliphatic rings. The van der Waals surface area contributed by atoms with E-state index in [-0.39, 0.29) is 11.7 Å². The molecule has 0 saturated carbocycles. The van der Waals surface area contributed by atoms with E-state index in [0.29, 0.717) is 32.9 Å². The van der Waals surface area contributed by atoms with Crippen molar-refractivity contribution in [2.45, 2.75) is 13.8 Å². The number of pyridine rings is 1. The van der Waals surface area contributed by atoms with Crippen molar-refractivity contribution < 1.29 is 4.79 Å². The molecular weight excluding hydrogens is 466 g/mol. The fourth-order valence-corrected chi connectivity index (χ4v) is 5.41. The molecule has 3 aromatic carbocycles. The van der Waals surface area contributed by atoms with Gasteiger partial charge in [0.15, 0.2) is 0 Å². The smallest absolute Gasteiger partial charge is 0.260 e. The van der Waals surface area contributed by atoms with Gasteiger partial charge < -0.3 is 16.4 Å². The minimum Gasteiger partial charge on any atom is -0.383 e. The molecule has 0 fully saturated rings. The fraction of sp³-hybridized carbons (Fsp3) is 0.0690. The third-order valence-corrected chi connectivity index (χ3v) is 6.91. The number of amides is 1. The van der Waals surface area contributed by atoms with E-state index in [4.69, 9.17) is 5.73 Å². The number of nitrogens with two attached hydrogens (primary N) is 1. The quantitative estimate of drug-likeness (QED) is 0.246. The minimum atomic E-state index is -0.308. The van der Waals surface area contributed by atoms with Gasteiger partial charge >= 0.3 is 0 Å². The number of aromatic nitrogens is 1. The summed E-state index contributed by atoms with van der Waals surface area (Å²) in [6, 6.07) is 27.3. The van der Waals surface area contributed by atoms with E-state index >= 15 is 0 Å². The summed E-state index contributed by atoms with van der Waals surface area (Å²) < 4.78 is 0.719. The lowest BCUT2D eigenvalue weighted by atomic mass is 10.00. The minimum absolute atomic E-state index is 0.0911. The van der Waals surface area contributed by atoms with E-state index in [0.717, 1.165) is 27.1 Å². The number of nitrogens with zero attached hydrogens (tertiary/aromatic N) is 2. The van der Waals surface area contributed by atoms with Crippen molar-refractivity contribution in [2.24, 2.45) is 0 Å². The van der Waals surface area contributed by atoms with Crippen LogP contribution < -0.4 is 16.4 Å².